The first-order chi connectivity index (χ1) is 9.41. The van der Waals surface area contributed by atoms with Crippen LogP contribution in [0.1, 0.15) is 32.9 Å². The second kappa shape index (κ2) is 6.24. The average Bonchev–Trinajstić information content (AvgIpc) is 2.90. The molecule has 6 nitrogen and oxygen atoms in total. The molecular weight excluding hydrogens is 276 g/mol. The van der Waals surface area contributed by atoms with E-state index in [1.165, 1.54) is 0 Å². The number of aromatic amines is 1. The minimum absolute atomic E-state index is 0.306. The number of H-pyrrole nitrogens is 1. The zero-order chi connectivity index (χ0) is 14.8. The van der Waals surface area contributed by atoms with Crippen molar-refractivity contribution in [3.8, 4) is 0 Å². The first kappa shape index (κ1) is 15.5. The Morgan fingerprint density at radius 2 is 2.30 bits per heavy atom. The molecule has 0 saturated carbocycles. The van der Waals surface area contributed by atoms with Gasteiger partial charge in [-0.2, -0.15) is 0 Å². The third-order valence-corrected chi connectivity index (χ3v) is 6.18. The smallest absolute Gasteiger partial charge is 0.216 e. The standard InChI is InChI=1S/C13H24N4O2S/c1-10(2)20(18,19)17-5-4-13(11(3)8-17)15-7-12-6-14-9-16-12/h6,9-11,13,15H,4-5,7-8H2,1-3H3,(H,14,16)/t11-,13-/m1/s1. The summed E-state index contributed by atoms with van der Waals surface area (Å²) in [6, 6.07) is 0.344. The highest BCUT2D eigenvalue weighted by Crippen LogP contribution is 2.21. The molecular formula is C13H24N4O2S. The zero-order valence-corrected chi connectivity index (χ0v) is 13.2. The number of hydrogen-bond acceptors (Lipinski definition) is 4. The maximum absolute atomic E-state index is 12.2. The first-order valence-corrected chi connectivity index (χ1v) is 8.61. The maximum Gasteiger partial charge on any atom is 0.216 e. The third-order valence-electron chi connectivity index (χ3n) is 3.93. The van der Waals surface area contributed by atoms with Gasteiger partial charge in [0.25, 0.3) is 0 Å². The van der Waals surface area contributed by atoms with Crippen molar-refractivity contribution in [1.29, 1.82) is 0 Å². The molecule has 2 atom stereocenters. The molecule has 1 aliphatic rings. The summed E-state index contributed by atoms with van der Waals surface area (Å²) >= 11 is 0. The molecule has 7 heteroatoms. The van der Waals surface area contributed by atoms with Crippen LogP contribution in [0.2, 0.25) is 0 Å². The van der Waals surface area contributed by atoms with Gasteiger partial charge in [0.15, 0.2) is 0 Å². The van der Waals surface area contributed by atoms with E-state index < -0.39 is 10.0 Å². The highest BCUT2D eigenvalue weighted by Gasteiger charge is 2.33. The van der Waals surface area contributed by atoms with Crippen molar-refractivity contribution in [3.63, 3.8) is 0 Å². The van der Waals surface area contributed by atoms with Gasteiger partial charge < -0.3 is 10.3 Å². The van der Waals surface area contributed by atoms with Crippen LogP contribution < -0.4 is 5.32 Å². The van der Waals surface area contributed by atoms with Crippen molar-refractivity contribution < 1.29 is 8.42 Å². The lowest BCUT2D eigenvalue weighted by Gasteiger charge is -2.37. The average molecular weight is 300 g/mol. The molecule has 1 saturated heterocycles. The Kier molecular flexibility index (Phi) is 4.82. The van der Waals surface area contributed by atoms with Gasteiger partial charge in [-0.1, -0.05) is 6.92 Å². The molecule has 1 aromatic heterocycles. The molecule has 0 aliphatic carbocycles. The Morgan fingerprint density at radius 1 is 1.55 bits per heavy atom. The largest absolute Gasteiger partial charge is 0.347 e. The SMILES string of the molecule is CC(C)S(=O)(=O)N1CC[C@@H](NCc2cnc[nH]2)[C@H](C)C1. The molecule has 1 aromatic rings. The topological polar surface area (TPSA) is 78.1 Å². The number of hydrogen-bond donors (Lipinski definition) is 2. The molecule has 0 amide bonds. The summed E-state index contributed by atoms with van der Waals surface area (Å²) in [5, 5.41) is 3.14. The lowest BCUT2D eigenvalue weighted by molar-refractivity contribution is 0.218. The Morgan fingerprint density at radius 3 is 2.85 bits per heavy atom. The van der Waals surface area contributed by atoms with Crippen molar-refractivity contribution in [2.24, 2.45) is 5.92 Å². The highest BCUT2D eigenvalue weighted by molar-refractivity contribution is 7.89. The number of piperidine rings is 1. The molecule has 2 N–H and O–H groups in total. The van der Waals surface area contributed by atoms with E-state index in [-0.39, 0.29) is 5.25 Å². The monoisotopic (exact) mass is 300 g/mol. The number of imidazole rings is 1. The van der Waals surface area contributed by atoms with Gasteiger partial charge in [-0.25, -0.2) is 17.7 Å². The van der Waals surface area contributed by atoms with Crippen molar-refractivity contribution in [3.05, 3.63) is 18.2 Å². The Bertz CT molecular complexity index is 512. The van der Waals surface area contributed by atoms with Gasteiger partial charge in [-0.05, 0) is 26.2 Å². The molecule has 2 heterocycles. The Labute approximate surface area is 121 Å². The summed E-state index contributed by atoms with van der Waals surface area (Å²) < 4.78 is 26.0. The normalized spacial score (nSPS) is 25.2. The lowest BCUT2D eigenvalue weighted by Crippen LogP contribution is -2.51. The van der Waals surface area contributed by atoms with Crippen LogP contribution in [0.4, 0.5) is 0 Å². The molecule has 20 heavy (non-hydrogen) atoms. The van der Waals surface area contributed by atoms with Crippen LogP contribution in [0.3, 0.4) is 0 Å². The van der Waals surface area contributed by atoms with Crippen LogP contribution in [0.25, 0.3) is 0 Å². The summed E-state index contributed by atoms with van der Waals surface area (Å²) in [4.78, 5) is 7.05. The highest BCUT2D eigenvalue weighted by atomic mass is 32.2. The third kappa shape index (κ3) is 3.39. The Balaban J connectivity index is 1.89. The summed E-state index contributed by atoms with van der Waals surface area (Å²) in [6.07, 6.45) is 4.32. The Hall–Kier alpha value is -0.920. The van der Waals surface area contributed by atoms with Crippen molar-refractivity contribution >= 4 is 10.0 Å². The van der Waals surface area contributed by atoms with Crippen molar-refractivity contribution in [2.75, 3.05) is 13.1 Å². The fourth-order valence-electron chi connectivity index (χ4n) is 2.56. The van der Waals surface area contributed by atoms with Gasteiger partial charge in [0.2, 0.25) is 10.0 Å². The molecule has 0 aromatic carbocycles. The van der Waals surface area contributed by atoms with E-state index in [4.69, 9.17) is 0 Å². The second-order valence-corrected chi connectivity index (χ2v) is 8.27. The van der Waals surface area contributed by atoms with Gasteiger partial charge in [0, 0.05) is 37.6 Å². The summed E-state index contributed by atoms with van der Waals surface area (Å²) in [5.74, 6) is 0.306. The van der Waals surface area contributed by atoms with E-state index in [9.17, 15) is 8.42 Å². The summed E-state index contributed by atoms with van der Waals surface area (Å²) in [7, 11) is -3.13. The number of rotatable bonds is 5. The van der Waals surface area contributed by atoms with Crippen LogP contribution in [0, 0.1) is 5.92 Å². The van der Waals surface area contributed by atoms with Crippen molar-refractivity contribution in [2.45, 2.75) is 45.0 Å². The number of aromatic nitrogens is 2. The van der Waals surface area contributed by atoms with Gasteiger partial charge >= 0.3 is 0 Å². The quantitative estimate of drug-likeness (QED) is 0.848. The minimum Gasteiger partial charge on any atom is -0.347 e. The van der Waals surface area contributed by atoms with Gasteiger partial charge in [-0.15, -0.1) is 0 Å². The van der Waals surface area contributed by atoms with E-state index >= 15 is 0 Å². The van der Waals surface area contributed by atoms with Crippen LogP contribution in [0.15, 0.2) is 12.5 Å². The molecule has 0 spiro atoms. The predicted molar refractivity (Wildman–Crippen MR) is 78.6 cm³/mol. The van der Waals surface area contributed by atoms with Crippen LogP contribution in [-0.2, 0) is 16.6 Å². The fourth-order valence-corrected chi connectivity index (χ4v) is 3.96. The first-order valence-electron chi connectivity index (χ1n) is 7.11. The number of nitrogens with one attached hydrogen (secondary N) is 2. The van der Waals surface area contributed by atoms with E-state index in [0.717, 1.165) is 18.7 Å². The van der Waals surface area contributed by atoms with Crippen LogP contribution in [-0.4, -0.2) is 47.1 Å². The van der Waals surface area contributed by atoms with Gasteiger partial charge in [-0.3, -0.25) is 0 Å². The summed E-state index contributed by atoms with van der Waals surface area (Å²) in [6.45, 7) is 7.52. The molecule has 2 rings (SSSR count). The predicted octanol–water partition coefficient (Wildman–Crippen LogP) is 0.948. The molecule has 1 fully saturated rings. The number of sulfonamides is 1. The van der Waals surface area contributed by atoms with Crippen LogP contribution >= 0.6 is 0 Å². The molecule has 1 aliphatic heterocycles. The van der Waals surface area contributed by atoms with Gasteiger partial charge in [0.05, 0.1) is 11.6 Å². The van der Waals surface area contributed by atoms with E-state index in [1.54, 1.807) is 30.7 Å². The zero-order valence-electron chi connectivity index (χ0n) is 12.3. The number of nitrogens with zero attached hydrogens (tertiary/aromatic N) is 2. The van der Waals surface area contributed by atoms with E-state index in [1.807, 2.05) is 0 Å². The van der Waals surface area contributed by atoms with Crippen LogP contribution in [0.5, 0.6) is 0 Å². The van der Waals surface area contributed by atoms with Gasteiger partial charge in [0.1, 0.15) is 0 Å². The molecule has 0 bridgehead atoms. The maximum atomic E-state index is 12.2. The second-order valence-electron chi connectivity index (χ2n) is 5.78. The summed E-state index contributed by atoms with van der Waals surface area (Å²) in [5.41, 5.74) is 1.05. The molecule has 114 valence electrons. The minimum atomic E-state index is -3.13. The van der Waals surface area contributed by atoms with Crippen molar-refractivity contribution in [1.82, 2.24) is 19.6 Å². The lowest BCUT2D eigenvalue weighted by atomic mass is 9.95. The fraction of sp³-hybridized carbons (Fsp3) is 0.769. The van der Waals surface area contributed by atoms with E-state index in [2.05, 4.69) is 22.2 Å². The van der Waals surface area contributed by atoms with E-state index in [0.29, 0.717) is 25.0 Å². The molecule has 0 unspecified atom stereocenters. The molecule has 0 radical (unpaired) electrons.